The summed E-state index contributed by atoms with van der Waals surface area (Å²) in [6.45, 7) is 1.64. The van der Waals surface area contributed by atoms with E-state index in [9.17, 15) is 9.59 Å². The van der Waals surface area contributed by atoms with Gasteiger partial charge in [0.2, 0.25) is 5.91 Å². The minimum atomic E-state index is -0.723. The first-order chi connectivity index (χ1) is 13.5. The molecule has 0 fully saturated rings. The fourth-order valence-electron chi connectivity index (χ4n) is 2.43. The molecule has 3 N–H and O–H groups in total. The van der Waals surface area contributed by atoms with E-state index in [2.05, 4.69) is 5.32 Å². The molecule has 0 heterocycles. The number of ether oxygens (including phenoxy) is 2. The maximum atomic E-state index is 12.3. The zero-order chi connectivity index (χ0) is 19.9. The number of anilines is 1. The zero-order valence-electron chi connectivity index (χ0n) is 15.3. The lowest BCUT2D eigenvalue weighted by Gasteiger charge is -2.15. The third-order valence-corrected chi connectivity index (χ3v) is 3.92. The summed E-state index contributed by atoms with van der Waals surface area (Å²) in [7, 11) is 0. The molecule has 6 heteroatoms. The Morgan fingerprint density at radius 1 is 0.821 bits per heavy atom. The van der Waals surface area contributed by atoms with Crippen molar-refractivity contribution in [1.82, 2.24) is 0 Å². The van der Waals surface area contributed by atoms with E-state index in [1.54, 1.807) is 55.5 Å². The van der Waals surface area contributed by atoms with Crippen LogP contribution in [0.3, 0.4) is 0 Å². The van der Waals surface area contributed by atoms with E-state index < -0.39 is 12.0 Å². The summed E-state index contributed by atoms with van der Waals surface area (Å²) in [6, 6.07) is 22.8. The van der Waals surface area contributed by atoms with Crippen molar-refractivity contribution in [1.29, 1.82) is 0 Å². The highest BCUT2D eigenvalue weighted by Gasteiger charge is 2.15. The van der Waals surface area contributed by atoms with E-state index in [1.807, 2.05) is 30.3 Å². The van der Waals surface area contributed by atoms with Gasteiger partial charge in [0.05, 0.1) is 0 Å². The second kappa shape index (κ2) is 8.73. The number of rotatable bonds is 7. The van der Waals surface area contributed by atoms with Crippen LogP contribution in [0.4, 0.5) is 5.69 Å². The fraction of sp³-hybridized carbons (Fsp3) is 0.0909. The Hall–Kier alpha value is -3.80. The van der Waals surface area contributed by atoms with E-state index in [4.69, 9.17) is 15.2 Å². The standard InChI is InChI=1S/C22H20N2O4/c1-15(27-19-11-7-16(8-12-19)21(23)25)22(26)24-17-9-13-20(14-10-17)28-18-5-3-2-4-6-18/h2-15H,1H3,(H2,23,25)(H,24,26)/t15-/m0/s1. The lowest BCUT2D eigenvalue weighted by atomic mass is 10.2. The highest BCUT2D eigenvalue weighted by Crippen LogP contribution is 2.23. The van der Waals surface area contributed by atoms with E-state index in [1.165, 1.54) is 0 Å². The van der Waals surface area contributed by atoms with Crippen LogP contribution < -0.4 is 20.5 Å². The molecule has 3 rings (SSSR count). The Balaban J connectivity index is 1.55. The second-order valence-corrected chi connectivity index (χ2v) is 6.08. The third kappa shape index (κ3) is 5.11. The number of nitrogens with one attached hydrogen (secondary N) is 1. The molecular weight excluding hydrogens is 356 g/mol. The first-order valence-electron chi connectivity index (χ1n) is 8.71. The molecule has 0 aliphatic rings. The molecule has 1 atom stereocenters. The maximum absolute atomic E-state index is 12.3. The molecule has 0 aromatic heterocycles. The van der Waals surface area contributed by atoms with Gasteiger partial charge in [0.25, 0.3) is 5.91 Å². The van der Waals surface area contributed by atoms with Crippen molar-refractivity contribution >= 4 is 17.5 Å². The van der Waals surface area contributed by atoms with E-state index in [0.717, 1.165) is 5.75 Å². The second-order valence-electron chi connectivity index (χ2n) is 6.08. The molecule has 0 saturated heterocycles. The van der Waals surface area contributed by atoms with Crippen molar-refractivity contribution < 1.29 is 19.1 Å². The van der Waals surface area contributed by atoms with Crippen LogP contribution in [0.5, 0.6) is 17.2 Å². The van der Waals surface area contributed by atoms with Gasteiger partial charge in [-0.1, -0.05) is 18.2 Å². The Kier molecular flexibility index (Phi) is 5.91. The Bertz CT molecular complexity index is 939. The molecule has 142 valence electrons. The average Bonchev–Trinajstić information content (AvgIpc) is 2.70. The molecular formula is C22H20N2O4. The van der Waals surface area contributed by atoms with Gasteiger partial charge in [0.1, 0.15) is 17.2 Å². The van der Waals surface area contributed by atoms with Crippen molar-refractivity contribution in [3.63, 3.8) is 0 Å². The average molecular weight is 376 g/mol. The predicted octanol–water partition coefficient (Wildman–Crippen LogP) is 3.98. The number of nitrogens with two attached hydrogens (primary N) is 1. The number of benzene rings is 3. The van der Waals surface area contributed by atoms with E-state index in [0.29, 0.717) is 22.7 Å². The Labute approximate surface area is 162 Å². The smallest absolute Gasteiger partial charge is 0.265 e. The number of hydrogen-bond donors (Lipinski definition) is 2. The molecule has 0 aliphatic carbocycles. The topological polar surface area (TPSA) is 90.7 Å². The van der Waals surface area contributed by atoms with Crippen molar-refractivity contribution in [3.05, 3.63) is 84.4 Å². The molecule has 3 aromatic rings. The molecule has 0 saturated carbocycles. The quantitative estimate of drug-likeness (QED) is 0.652. The van der Waals surface area contributed by atoms with Crippen LogP contribution >= 0.6 is 0 Å². The number of hydrogen-bond acceptors (Lipinski definition) is 4. The molecule has 6 nitrogen and oxygen atoms in total. The van der Waals surface area contributed by atoms with Crippen molar-refractivity contribution in [2.45, 2.75) is 13.0 Å². The lowest BCUT2D eigenvalue weighted by molar-refractivity contribution is -0.122. The van der Waals surface area contributed by atoms with Crippen LogP contribution in [0.1, 0.15) is 17.3 Å². The van der Waals surface area contributed by atoms with Crippen molar-refractivity contribution in [3.8, 4) is 17.2 Å². The van der Waals surface area contributed by atoms with Gasteiger partial charge in [-0.15, -0.1) is 0 Å². The van der Waals surface area contributed by atoms with Crippen LogP contribution in [0.25, 0.3) is 0 Å². The summed E-state index contributed by atoms with van der Waals surface area (Å²) in [6.07, 6.45) is -0.723. The van der Waals surface area contributed by atoms with Crippen molar-refractivity contribution in [2.24, 2.45) is 5.73 Å². The van der Waals surface area contributed by atoms with Gasteiger partial charge in [0.15, 0.2) is 6.10 Å². The minimum absolute atomic E-state index is 0.296. The molecule has 0 aliphatic heterocycles. The summed E-state index contributed by atoms with van der Waals surface area (Å²) in [5.41, 5.74) is 6.21. The van der Waals surface area contributed by atoms with Crippen LogP contribution in [-0.4, -0.2) is 17.9 Å². The van der Waals surface area contributed by atoms with Crippen molar-refractivity contribution in [2.75, 3.05) is 5.32 Å². The molecule has 0 bridgehead atoms. The molecule has 0 unspecified atom stereocenters. The summed E-state index contributed by atoms with van der Waals surface area (Å²) < 4.78 is 11.3. The predicted molar refractivity (Wildman–Crippen MR) is 107 cm³/mol. The summed E-state index contributed by atoms with van der Waals surface area (Å²) in [5.74, 6) is 1.07. The van der Waals surface area contributed by atoms with Gasteiger partial charge >= 0.3 is 0 Å². The van der Waals surface area contributed by atoms with Crippen LogP contribution in [-0.2, 0) is 4.79 Å². The largest absolute Gasteiger partial charge is 0.481 e. The van der Waals surface area contributed by atoms with Gasteiger partial charge in [-0.25, -0.2) is 0 Å². The van der Waals surface area contributed by atoms with Gasteiger partial charge in [-0.05, 0) is 67.6 Å². The van der Waals surface area contributed by atoms with Gasteiger partial charge < -0.3 is 20.5 Å². The van der Waals surface area contributed by atoms with Crippen LogP contribution in [0.2, 0.25) is 0 Å². The monoisotopic (exact) mass is 376 g/mol. The molecule has 2 amide bonds. The minimum Gasteiger partial charge on any atom is -0.481 e. The Morgan fingerprint density at radius 3 is 2.00 bits per heavy atom. The van der Waals surface area contributed by atoms with E-state index >= 15 is 0 Å². The number of carbonyl (C=O) groups is 2. The van der Waals surface area contributed by atoms with Crippen LogP contribution in [0.15, 0.2) is 78.9 Å². The summed E-state index contributed by atoms with van der Waals surface area (Å²) >= 11 is 0. The number of primary amides is 1. The first-order valence-corrected chi connectivity index (χ1v) is 8.71. The number of amides is 2. The lowest BCUT2D eigenvalue weighted by Crippen LogP contribution is -2.30. The summed E-state index contributed by atoms with van der Waals surface area (Å²) in [4.78, 5) is 23.4. The maximum Gasteiger partial charge on any atom is 0.265 e. The number of carbonyl (C=O) groups excluding carboxylic acids is 2. The number of para-hydroxylation sites is 1. The first kappa shape index (κ1) is 19.0. The highest BCUT2D eigenvalue weighted by atomic mass is 16.5. The molecule has 0 spiro atoms. The van der Waals surface area contributed by atoms with E-state index in [-0.39, 0.29) is 5.91 Å². The zero-order valence-corrected chi connectivity index (χ0v) is 15.3. The van der Waals surface area contributed by atoms with Gasteiger partial charge in [-0.2, -0.15) is 0 Å². The SMILES string of the molecule is C[C@H](Oc1ccc(C(N)=O)cc1)C(=O)Nc1ccc(Oc2ccccc2)cc1. The highest BCUT2D eigenvalue weighted by molar-refractivity contribution is 5.94. The molecule has 3 aromatic carbocycles. The van der Waals surface area contributed by atoms with Crippen LogP contribution in [0, 0.1) is 0 Å². The van der Waals surface area contributed by atoms with Gasteiger partial charge in [-0.3, -0.25) is 9.59 Å². The normalized spacial score (nSPS) is 11.3. The third-order valence-electron chi connectivity index (χ3n) is 3.92. The summed E-state index contributed by atoms with van der Waals surface area (Å²) in [5, 5.41) is 2.79. The fourth-order valence-corrected chi connectivity index (χ4v) is 2.43. The molecule has 0 radical (unpaired) electrons. The van der Waals surface area contributed by atoms with Gasteiger partial charge in [0, 0.05) is 11.3 Å². The molecule has 28 heavy (non-hydrogen) atoms. The Morgan fingerprint density at radius 2 is 1.39 bits per heavy atom.